The summed E-state index contributed by atoms with van der Waals surface area (Å²) >= 11 is 3.42. The van der Waals surface area contributed by atoms with Crippen molar-refractivity contribution in [3.05, 3.63) is 63.6 Å². The molecule has 0 radical (unpaired) electrons. The van der Waals surface area contributed by atoms with Crippen LogP contribution in [0, 0.1) is 11.3 Å². The van der Waals surface area contributed by atoms with Crippen LogP contribution < -0.4 is 14.8 Å². The molecule has 0 aliphatic carbocycles. The SMILES string of the molecule is CCCCNC(=O)/C(C#N)=C/c1ccc(OC(=O)COc2ccc(Br)cc2CC)cc1. The maximum atomic E-state index is 12.1. The van der Waals surface area contributed by atoms with Crippen molar-refractivity contribution < 1.29 is 19.1 Å². The predicted molar refractivity (Wildman–Crippen MR) is 123 cm³/mol. The number of nitrogens with one attached hydrogen (secondary N) is 1. The van der Waals surface area contributed by atoms with E-state index in [2.05, 4.69) is 21.2 Å². The summed E-state index contributed by atoms with van der Waals surface area (Å²) in [6.45, 7) is 4.35. The molecular formula is C24H25BrN2O4. The van der Waals surface area contributed by atoms with Gasteiger partial charge >= 0.3 is 5.97 Å². The van der Waals surface area contributed by atoms with Gasteiger partial charge in [-0.15, -0.1) is 0 Å². The van der Waals surface area contributed by atoms with Gasteiger partial charge in [-0.05, 0) is 60.4 Å². The molecule has 0 aromatic heterocycles. The first-order valence-corrected chi connectivity index (χ1v) is 10.9. The van der Waals surface area contributed by atoms with Gasteiger partial charge in [-0.25, -0.2) is 4.79 Å². The van der Waals surface area contributed by atoms with Gasteiger partial charge in [-0.1, -0.05) is 48.3 Å². The Bertz CT molecular complexity index is 978. The number of carbonyl (C=O) groups is 2. The van der Waals surface area contributed by atoms with Crippen LogP contribution in [0.1, 0.15) is 37.8 Å². The summed E-state index contributed by atoms with van der Waals surface area (Å²) in [5.74, 6) is 0.0665. The lowest BCUT2D eigenvalue weighted by molar-refractivity contribution is -0.136. The molecule has 1 N–H and O–H groups in total. The molecule has 0 unspecified atom stereocenters. The molecule has 0 aliphatic rings. The molecule has 0 heterocycles. The lowest BCUT2D eigenvalue weighted by atomic mass is 10.1. The molecule has 6 nitrogen and oxygen atoms in total. The number of unbranched alkanes of at least 4 members (excludes halogenated alkanes) is 1. The van der Waals surface area contributed by atoms with E-state index in [1.54, 1.807) is 24.3 Å². The van der Waals surface area contributed by atoms with Crippen molar-refractivity contribution in [2.45, 2.75) is 33.1 Å². The van der Waals surface area contributed by atoms with Crippen LogP contribution in [0.5, 0.6) is 11.5 Å². The van der Waals surface area contributed by atoms with Gasteiger partial charge in [-0.3, -0.25) is 4.79 Å². The van der Waals surface area contributed by atoms with Crippen molar-refractivity contribution in [1.29, 1.82) is 5.26 Å². The molecule has 0 fully saturated rings. The monoisotopic (exact) mass is 484 g/mol. The maximum Gasteiger partial charge on any atom is 0.349 e. The van der Waals surface area contributed by atoms with Crippen LogP contribution >= 0.6 is 15.9 Å². The van der Waals surface area contributed by atoms with E-state index in [0.29, 0.717) is 23.6 Å². The minimum absolute atomic E-state index is 0.0236. The lowest BCUT2D eigenvalue weighted by Gasteiger charge is -2.10. The minimum atomic E-state index is -0.527. The normalized spacial score (nSPS) is 10.8. The summed E-state index contributed by atoms with van der Waals surface area (Å²) in [5.41, 5.74) is 1.67. The lowest BCUT2D eigenvalue weighted by Crippen LogP contribution is -2.25. The average molecular weight is 485 g/mol. The first-order valence-electron chi connectivity index (χ1n) is 10.1. The minimum Gasteiger partial charge on any atom is -0.482 e. The first-order chi connectivity index (χ1) is 15.0. The van der Waals surface area contributed by atoms with Gasteiger partial charge < -0.3 is 14.8 Å². The zero-order chi connectivity index (χ0) is 22.6. The Balaban J connectivity index is 1.93. The highest BCUT2D eigenvalue weighted by atomic mass is 79.9. The Labute approximate surface area is 191 Å². The van der Waals surface area contributed by atoms with E-state index in [4.69, 9.17) is 9.47 Å². The number of ether oxygens (including phenoxy) is 2. The zero-order valence-electron chi connectivity index (χ0n) is 17.6. The zero-order valence-corrected chi connectivity index (χ0v) is 19.2. The van der Waals surface area contributed by atoms with Crippen molar-refractivity contribution in [3.63, 3.8) is 0 Å². The third kappa shape index (κ3) is 7.91. The van der Waals surface area contributed by atoms with E-state index in [-0.39, 0.29) is 12.2 Å². The molecule has 7 heteroatoms. The topological polar surface area (TPSA) is 88.4 Å². The molecule has 2 aromatic carbocycles. The molecule has 162 valence electrons. The van der Waals surface area contributed by atoms with Gasteiger partial charge in [0.25, 0.3) is 5.91 Å². The number of nitriles is 1. The van der Waals surface area contributed by atoms with Crippen LogP contribution in [-0.4, -0.2) is 25.0 Å². The van der Waals surface area contributed by atoms with E-state index in [0.717, 1.165) is 29.3 Å². The molecule has 2 rings (SSSR count). The van der Waals surface area contributed by atoms with Gasteiger partial charge in [0.15, 0.2) is 6.61 Å². The van der Waals surface area contributed by atoms with Crippen LogP contribution in [0.2, 0.25) is 0 Å². The van der Waals surface area contributed by atoms with Crippen LogP contribution in [-0.2, 0) is 16.0 Å². The Morgan fingerprint density at radius 1 is 1.16 bits per heavy atom. The van der Waals surface area contributed by atoms with Crippen molar-refractivity contribution >= 4 is 33.9 Å². The fourth-order valence-corrected chi connectivity index (χ4v) is 3.09. The standard InChI is InChI=1S/C24H25BrN2O4/c1-3-5-12-27-24(29)19(15-26)13-17-6-9-21(10-7-17)31-23(28)16-30-22-11-8-20(25)14-18(22)4-2/h6-11,13-14H,3-5,12,16H2,1-2H3,(H,27,29)/b19-13+. The number of nitrogens with zero attached hydrogens (tertiary/aromatic N) is 1. The average Bonchev–Trinajstić information content (AvgIpc) is 2.77. The van der Waals surface area contributed by atoms with E-state index < -0.39 is 11.9 Å². The number of aryl methyl sites for hydroxylation is 1. The number of hydrogen-bond acceptors (Lipinski definition) is 5. The summed E-state index contributed by atoms with van der Waals surface area (Å²) < 4.78 is 11.8. The highest BCUT2D eigenvalue weighted by Gasteiger charge is 2.10. The highest BCUT2D eigenvalue weighted by Crippen LogP contribution is 2.24. The summed E-state index contributed by atoms with van der Waals surface area (Å²) in [6.07, 6.45) is 4.09. The summed E-state index contributed by atoms with van der Waals surface area (Å²) in [6, 6.07) is 14.1. The van der Waals surface area contributed by atoms with Gasteiger partial charge in [0.1, 0.15) is 23.1 Å². The van der Waals surface area contributed by atoms with E-state index in [9.17, 15) is 14.9 Å². The van der Waals surface area contributed by atoms with E-state index in [1.807, 2.05) is 38.1 Å². The maximum absolute atomic E-state index is 12.1. The highest BCUT2D eigenvalue weighted by molar-refractivity contribution is 9.10. The molecule has 0 spiro atoms. The van der Waals surface area contributed by atoms with Crippen molar-refractivity contribution in [2.75, 3.05) is 13.2 Å². The molecule has 0 saturated carbocycles. The van der Waals surface area contributed by atoms with E-state index >= 15 is 0 Å². The van der Waals surface area contributed by atoms with Crippen LogP contribution in [0.25, 0.3) is 6.08 Å². The fraction of sp³-hybridized carbons (Fsp3) is 0.292. The molecule has 0 bridgehead atoms. The molecule has 0 aliphatic heterocycles. The van der Waals surface area contributed by atoms with Crippen molar-refractivity contribution in [3.8, 4) is 17.6 Å². The van der Waals surface area contributed by atoms with E-state index in [1.165, 1.54) is 6.08 Å². The number of amides is 1. The quantitative estimate of drug-likeness (QED) is 0.171. The third-order valence-corrected chi connectivity index (χ3v) is 4.85. The second-order valence-corrected chi connectivity index (χ2v) is 7.63. The van der Waals surface area contributed by atoms with Gasteiger partial charge in [0.2, 0.25) is 0 Å². The van der Waals surface area contributed by atoms with Gasteiger partial charge in [0.05, 0.1) is 0 Å². The fourth-order valence-electron chi connectivity index (χ4n) is 2.68. The number of rotatable bonds is 10. The number of benzene rings is 2. The smallest absolute Gasteiger partial charge is 0.349 e. The largest absolute Gasteiger partial charge is 0.482 e. The van der Waals surface area contributed by atoms with Crippen LogP contribution in [0.15, 0.2) is 52.5 Å². The second-order valence-electron chi connectivity index (χ2n) is 6.72. The molecular weight excluding hydrogens is 460 g/mol. The number of esters is 1. The molecule has 2 aromatic rings. The Kier molecular flexibility index (Phi) is 9.79. The van der Waals surface area contributed by atoms with Crippen molar-refractivity contribution in [2.24, 2.45) is 0 Å². The Hall–Kier alpha value is -3.11. The molecule has 31 heavy (non-hydrogen) atoms. The molecule has 1 amide bonds. The Morgan fingerprint density at radius 3 is 2.55 bits per heavy atom. The number of carbonyl (C=O) groups excluding carboxylic acids is 2. The summed E-state index contributed by atoms with van der Waals surface area (Å²) in [5, 5.41) is 11.9. The number of hydrogen-bond donors (Lipinski definition) is 1. The third-order valence-electron chi connectivity index (χ3n) is 4.35. The number of halogens is 1. The summed E-state index contributed by atoms with van der Waals surface area (Å²) in [4.78, 5) is 24.1. The van der Waals surface area contributed by atoms with Gasteiger partial charge in [0, 0.05) is 11.0 Å². The predicted octanol–water partition coefficient (Wildman–Crippen LogP) is 4.82. The molecule has 0 saturated heterocycles. The van der Waals surface area contributed by atoms with Crippen molar-refractivity contribution in [1.82, 2.24) is 5.32 Å². The molecule has 0 atom stereocenters. The van der Waals surface area contributed by atoms with Crippen LogP contribution in [0.3, 0.4) is 0 Å². The second kappa shape index (κ2) is 12.6. The first kappa shape index (κ1) is 24.2. The Morgan fingerprint density at radius 2 is 1.90 bits per heavy atom. The summed E-state index contributed by atoms with van der Waals surface area (Å²) in [7, 11) is 0. The van der Waals surface area contributed by atoms with Gasteiger partial charge in [-0.2, -0.15) is 5.26 Å². The van der Waals surface area contributed by atoms with Crippen LogP contribution in [0.4, 0.5) is 0 Å².